The Labute approximate surface area is 88.7 Å². The molecule has 1 N–H and O–H groups in total. The van der Waals surface area contributed by atoms with Crippen molar-refractivity contribution in [2.75, 3.05) is 13.6 Å². The van der Waals surface area contributed by atoms with Gasteiger partial charge in [0, 0.05) is 19.3 Å². The largest absolute Gasteiger partial charge is 0.341 e. The minimum absolute atomic E-state index is 0.0889. The van der Waals surface area contributed by atoms with Gasteiger partial charge in [0.15, 0.2) is 0 Å². The molecule has 0 unspecified atom stereocenters. The number of nitrogens with one attached hydrogen (secondary N) is 1. The topological polar surface area (TPSA) is 72.8 Å². The molecule has 1 aromatic rings. The average Bonchev–Trinajstić information content (AvgIpc) is 2.54. The zero-order valence-corrected chi connectivity index (χ0v) is 9.16. The number of nitriles is 1. The van der Waals surface area contributed by atoms with Crippen molar-refractivity contribution >= 4 is 5.91 Å². The first-order valence-corrected chi connectivity index (χ1v) is 4.72. The predicted molar refractivity (Wildman–Crippen MR) is 55.3 cm³/mol. The second-order valence-electron chi connectivity index (χ2n) is 3.44. The van der Waals surface area contributed by atoms with E-state index in [1.165, 1.54) is 4.90 Å². The van der Waals surface area contributed by atoms with Gasteiger partial charge in [-0.25, -0.2) is 0 Å². The second-order valence-corrected chi connectivity index (χ2v) is 3.44. The number of hydrogen-bond acceptors (Lipinski definition) is 3. The van der Waals surface area contributed by atoms with Gasteiger partial charge in [0.1, 0.15) is 0 Å². The van der Waals surface area contributed by atoms with E-state index in [0.717, 1.165) is 5.69 Å². The molecule has 0 radical (unpaired) electrons. The number of rotatable bonds is 3. The quantitative estimate of drug-likeness (QED) is 0.802. The van der Waals surface area contributed by atoms with Crippen LogP contribution in [0.15, 0.2) is 0 Å². The van der Waals surface area contributed by atoms with Gasteiger partial charge in [0.2, 0.25) is 0 Å². The molecule has 0 bridgehead atoms. The maximum atomic E-state index is 11.9. The highest BCUT2D eigenvalue weighted by Crippen LogP contribution is 2.11. The first-order valence-electron chi connectivity index (χ1n) is 4.72. The molecule has 5 nitrogen and oxygen atoms in total. The molecule has 0 aliphatic rings. The van der Waals surface area contributed by atoms with E-state index in [9.17, 15) is 4.79 Å². The van der Waals surface area contributed by atoms with E-state index in [1.807, 2.05) is 13.0 Å². The summed E-state index contributed by atoms with van der Waals surface area (Å²) < 4.78 is 0. The number of hydrogen-bond donors (Lipinski definition) is 1. The van der Waals surface area contributed by atoms with E-state index in [1.54, 1.807) is 14.0 Å². The van der Waals surface area contributed by atoms with E-state index in [-0.39, 0.29) is 5.91 Å². The van der Waals surface area contributed by atoms with E-state index >= 15 is 0 Å². The summed E-state index contributed by atoms with van der Waals surface area (Å²) in [5.41, 5.74) is 2.07. The molecule has 15 heavy (non-hydrogen) atoms. The second kappa shape index (κ2) is 4.60. The van der Waals surface area contributed by atoms with Crippen molar-refractivity contribution in [1.82, 2.24) is 15.1 Å². The van der Waals surface area contributed by atoms with Crippen molar-refractivity contribution < 1.29 is 4.79 Å². The average molecular weight is 206 g/mol. The number of amides is 1. The molecule has 1 heterocycles. The van der Waals surface area contributed by atoms with Gasteiger partial charge in [-0.1, -0.05) is 0 Å². The highest BCUT2D eigenvalue weighted by Gasteiger charge is 2.18. The Morgan fingerprint density at radius 3 is 2.73 bits per heavy atom. The Morgan fingerprint density at radius 1 is 1.60 bits per heavy atom. The van der Waals surface area contributed by atoms with E-state index in [2.05, 4.69) is 10.2 Å². The van der Waals surface area contributed by atoms with Crippen LogP contribution in [0, 0.1) is 25.2 Å². The number of aromatic nitrogens is 2. The number of nitrogens with zero attached hydrogens (tertiary/aromatic N) is 3. The van der Waals surface area contributed by atoms with E-state index < -0.39 is 0 Å². The zero-order chi connectivity index (χ0) is 11.4. The third-order valence-corrected chi connectivity index (χ3v) is 2.25. The summed E-state index contributed by atoms with van der Waals surface area (Å²) in [5.74, 6) is -0.0889. The Hall–Kier alpha value is -1.83. The van der Waals surface area contributed by atoms with E-state index in [0.29, 0.717) is 24.2 Å². The molecule has 0 fully saturated rings. The lowest BCUT2D eigenvalue weighted by molar-refractivity contribution is 0.0796. The summed E-state index contributed by atoms with van der Waals surface area (Å²) >= 11 is 0. The molecule has 1 rings (SSSR count). The van der Waals surface area contributed by atoms with Crippen LogP contribution in [0.5, 0.6) is 0 Å². The lowest BCUT2D eigenvalue weighted by atomic mass is 10.1. The molecule has 0 spiro atoms. The molecule has 0 aromatic carbocycles. The molecular weight excluding hydrogens is 192 g/mol. The fourth-order valence-electron chi connectivity index (χ4n) is 1.38. The molecule has 80 valence electrons. The van der Waals surface area contributed by atoms with Gasteiger partial charge in [-0.15, -0.1) is 0 Å². The van der Waals surface area contributed by atoms with Crippen LogP contribution < -0.4 is 0 Å². The summed E-state index contributed by atoms with van der Waals surface area (Å²) in [6.07, 6.45) is 0.345. The van der Waals surface area contributed by atoms with Crippen molar-refractivity contribution in [3.63, 3.8) is 0 Å². The minimum atomic E-state index is -0.0889. The van der Waals surface area contributed by atoms with Crippen LogP contribution in [-0.4, -0.2) is 34.6 Å². The summed E-state index contributed by atoms with van der Waals surface area (Å²) in [5, 5.41) is 15.2. The lowest BCUT2D eigenvalue weighted by Crippen LogP contribution is -2.28. The Balaban J connectivity index is 2.81. The van der Waals surface area contributed by atoms with Crippen LogP contribution in [0.3, 0.4) is 0 Å². The van der Waals surface area contributed by atoms with Crippen LogP contribution >= 0.6 is 0 Å². The highest BCUT2D eigenvalue weighted by atomic mass is 16.2. The SMILES string of the molecule is Cc1n[nH]c(C)c1C(=O)N(C)CCC#N. The summed E-state index contributed by atoms with van der Waals surface area (Å²) in [6.45, 7) is 4.04. The molecule has 0 saturated carbocycles. The standard InChI is InChI=1S/C10H14N4O/c1-7-9(8(2)13-12-7)10(15)14(3)6-4-5-11/h4,6H2,1-3H3,(H,12,13). The fraction of sp³-hybridized carbons (Fsp3) is 0.500. The Bertz CT molecular complexity index is 383. The number of carbonyl (C=O) groups is 1. The van der Waals surface area contributed by atoms with Gasteiger partial charge in [-0.05, 0) is 13.8 Å². The first kappa shape index (κ1) is 11.2. The zero-order valence-electron chi connectivity index (χ0n) is 9.16. The Kier molecular flexibility index (Phi) is 3.45. The molecule has 0 atom stereocenters. The smallest absolute Gasteiger partial charge is 0.257 e. The third-order valence-electron chi connectivity index (χ3n) is 2.25. The van der Waals surface area contributed by atoms with Gasteiger partial charge >= 0.3 is 0 Å². The van der Waals surface area contributed by atoms with Gasteiger partial charge in [-0.2, -0.15) is 10.4 Å². The molecule has 0 saturated heterocycles. The van der Waals surface area contributed by atoms with Crippen molar-refractivity contribution in [2.45, 2.75) is 20.3 Å². The summed E-state index contributed by atoms with van der Waals surface area (Å²) in [6, 6.07) is 2.01. The first-order chi connectivity index (χ1) is 7.07. The van der Waals surface area contributed by atoms with Crippen LogP contribution in [0.2, 0.25) is 0 Å². The van der Waals surface area contributed by atoms with Gasteiger partial charge in [-0.3, -0.25) is 9.89 Å². The van der Waals surface area contributed by atoms with Crippen LogP contribution in [-0.2, 0) is 0 Å². The van der Waals surface area contributed by atoms with E-state index in [4.69, 9.17) is 5.26 Å². The van der Waals surface area contributed by atoms with Crippen molar-refractivity contribution in [1.29, 1.82) is 5.26 Å². The maximum Gasteiger partial charge on any atom is 0.257 e. The van der Waals surface area contributed by atoms with Crippen molar-refractivity contribution in [3.8, 4) is 6.07 Å². The summed E-state index contributed by atoms with van der Waals surface area (Å²) in [7, 11) is 1.69. The normalized spacial score (nSPS) is 9.73. The third kappa shape index (κ3) is 2.34. The van der Waals surface area contributed by atoms with Gasteiger partial charge < -0.3 is 4.90 Å². The number of carbonyl (C=O) groups excluding carboxylic acids is 1. The lowest BCUT2D eigenvalue weighted by Gasteiger charge is -2.15. The Morgan fingerprint density at radius 2 is 2.27 bits per heavy atom. The number of aryl methyl sites for hydroxylation is 2. The minimum Gasteiger partial charge on any atom is -0.341 e. The molecule has 1 amide bonds. The van der Waals surface area contributed by atoms with Crippen molar-refractivity contribution in [3.05, 3.63) is 17.0 Å². The highest BCUT2D eigenvalue weighted by molar-refractivity contribution is 5.96. The molecular formula is C10H14N4O. The molecule has 0 aliphatic heterocycles. The van der Waals surface area contributed by atoms with Crippen molar-refractivity contribution in [2.24, 2.45) is 0 Å². The number of aromatic amines is 1. The molecule has 0 aliphatic carbocycles. The maximum absolute atomic E-state index is 11.9. The monoisotopic (exact) mass is 206 g/mol. The van der Waals surface area contributed by atoms with Gasteiger partial charge in [0.05, 0.1) is 23.7 Å². The summed E-state index contributed by atoms with van der Waals surface area (Å²) in [4.78, 5) is 13.4. The van der Waals surface area contributed by atoms with Crippen LogP contribution in [0.1, 0.15) is 28.2 Å². The van der Waals surface area contributed by atoms with Gasteiger partial charge in [0.25, 0.3) is 5.91 Å². The predicted octanol–water partition coefficient (Wildman–Crippen LogP) is 1.01. The fourth-order valence-corrected chi connectivity index (χ4v) is 1.38. The molecule has 5 heteroatoms. The number of H-pyrrole nitrogens is 1. The van der Waals surface area contributed by atoms with Crippen LogP contribution in [0.4, 0.5) is 0 Å². The molecule has 1 aromatic heterocycles. The van der Waals surface area contributed by atoms with Crippen LogP contribution in [0.25, 0.3) is 0 Å².